The molecule has 0 aliphatic heterocycles. The third-order valence-electron chi connectivity index (χ3n) is 1.66. The normalized spacial score (nSPS) is 12.2. The fraction of sp³-hybridized carbons (Fsp3) is 0.778. The maximum absolute atomic E-state index is 12.0. The summed E-state index contributed by atoms with van der Waals surface area (Å²) in [6.07, 6.45) is 1.20. The summed E-state index contributed by atoms with van der Waals surface area (Å²) in [4.78, 5) is 1.32. The molecule has 0 N–H and O–H groups in total. The molecular weight excluding hydrogens is 179 g/mol. The van der Waals surface area contributed by atoms with Crippen molar-refractivity contribution in [3.05, 3.63) is 0 Å². The second-order valence-corrected chi connectivity index (χ2v) is 3.13. The minimum atomic E-state index is -4.14. The first-order valence-electron chi connectivity index (χ1n) is 4.11. The molecule has 0 saturated heterocycles. The van der Waals surface area contributed by atoms with Gasteiger partial charge in [0.15, 0.2) is 0 Å². The van der Waals surface area contributed by atoms with Crippen LogP contribution in [0, 0.1) is 12.3 Å². The smallest absolute Gasteiger partial charge is 0.292 e. The molecule has 0 heterocycles. The van der Waals surface area contributed by atoms with Gasteiger partial charge in [0, 0.05) is 19.0 Å². The molecule has 0 rings (SSSR count). The number of rotatable bonds is 4. The Bertz CT molecular complexity index is 178. The topological polar surface area (TPSA) is 3.24 Å². The zero-order valence-corrected chi connectivity index (χ0v) is 7.86. The molecule has 76 valence electrons. The summed E-state index contributed by atoms with van der Waals surface area (Å²) in [6, 6.07) is -0.130. The maximum atomic E-state index is 12.0. The van der Waals surface area contributed by atoms with Crippen LogP contribution in [0.2, 0.25) is 0 Å². The minimum Gasteiger partial charge on any atom is -0.292 e. The number of hydrogen-bond donors (Lipinski definition) is 0. The van der Waals surface area contributed by atoms with E-state index >= 15 is 0 Å². The first-order chi connectivity index (χ1) is 5.87. The summed E-state index contributed by atoms with van der Waals surface area (Å²) in [5.74, 6) is 2.33. The van der Waals surface area contributed by atoms with Gasteiger partial charge >= 0.3 is 6.18 Å². The van der Waals surface area contributed by atoms with E-state index in [2.05, 4.69) is 5.92 Å². The number of halogens is 3. The molecule has 0 amide bonds. The predicted molar refractivity (Wildman–Crippen MR) is 46.2 cm³/mol. The van der Waals surface area contributed by atoms with Crippen LogP contribution >= 0.6 is 0 Å². The largest absolute Gasteiger partial charge is 0.401 e. The molecule has 0 bridgehead atoms. The van der Waals surface area contributed by atoms with Gasteiger partial charge in [-0.3, -0.25) is 4.90 Å². The van der Waals surface area contributed by atoms with Crippen molar-refractivity contribution in [1.29, 1.82) is 0 Å². The van der Waals surface area contributed by atoms with Crippen molar-refractivity contribution in [2.75, 3.05) is 13.1 Å². The van der Waals surface area contributed by atoms with Crippen molar-refractivity contribution in [3.63, 3.8) is 0 Å². The summed E-state index contributed by atoms with van der Waals surface area (Å²) in [5.41, 5.74) is 0. The molecule has 0 unspecified atom stereocenters. The molecule has 1 nitrogen and oxygen atoms in total. The molecule has 0 radical (unpaired) electrons. The van der Waals surface area contributed by atoms with Gasteiger partial charge in [-0.15, -0.1) is 12.3 Å². The average molecular weight is 193 g/mol. The Balaban J connectivity index is 4.04. The first-order valence-corrected chi connectivity index (χ1v) is 4.11. The molecule has 0 aliphatic rings. The van der Waals surface area contributed by atoms with E-state index in [0.717, 1.165) is 0 Å². The quantitative estimate of drug-likeness (QED) is 0.619. The molecular formula is C9H14F3N. The van der Waals surface area contributed by atoms with Crippen LogP contribution in [0.5, 0.6) is 0 Å². The van der Waals surface area contributed by atoms with Crippen LogP contribution in [-0.4, -0.2) is 30.2 Å². The van der Waals surface area contributed by atoms with Gasteiger partial charge in [-0.2, -0.15) is 13.2 Å². The van der Waals surface area contributed by atoms with Crippen LogP contribution in [0.15, 0.2) is 0 Å². The molecule has 0 saturated carbocycles. The fourth-order valence-electron chi connectivity index (χ4n) is 0.958. The highest BCUT2D eigenvalue weighted by atomic mass is 19.4. The van der Waals surface area contributed by atoms with Crippen LogP contribution in [-0.2, 0) is 0 Å². The van der Waals surface area contributed by atoms with Gasteiger partial charge in [-0.1, -0.05) is 0 Å². The Kier molecular flexibility index (Phi) is 4.86. The van der Waals surface area contributed by atoms with Crippen molar-refractivity contribution in [2.24, 2.45) is 0 Å². The van der Waals surface area contributed by atoms with E-state index in [0.29, 0.717) is 13.0 Å². The van der Waals surface area contributed by atoms with Crippen molar-refractivity contribution in [3.8, 4) is 12.3 Å². The van der Waals surface area contributed by atoms with E-state index in [1.54, 1.807) is 13.8 Å². The van der Waals surface area contributed by atoms with E-state index in [-0.39, 0.29) is 6.04 Å². The molecule has 0 aliphatic carbocycles. The second-order valence-electron chi connectivity index (χ2n) is 3.13. The molecule has 4 heteroatoms. The number of alkyl halides is 3. The lowest BCUT2D eigenvalue weighted by Crippen LogP contribution is -2.39. The van der Waals surface area contributed by atoms with Gasteiger partial charge in [0.1, 0.15) is 0 Å². The van der Waals surface area contributed by atoms with Gasteiger partial charge < -0.3 is 0 Å². The van der Waals surface area contributed by atoms with E-state index < -0.39 is 12.7 Å². The standard InChI is InChI=1S/C9H14F3N/c1-4-5-6-13(8(2)3)7-9(10,11)12/h1,8H,5-7H2,2-3H3. The number of hydrogen-bond acceptors (Lipinski definition) is 1. The van der Waals surface area contributed by atoms with Crippen LogP contribution in [0.4, 0.5) is 13.2 Å². The Morgan fingerprint density at radius 1 is 1.38 bits per heavy atom. The van der Waals surface area contributed by atoms with Crippen molar-refractivity contribution in [2.45, 2.75) is 32.5 Å². The van der Waals surface area contributed by atoms with E-state index in [1.165, 1.54) is 4.90 Å². The third kappa shape index (κ3) is 6.47. The minimum absolute atomic E-state index is 0.130. The van der Waals surface area contributed by atoms with Crippen LogP contribution in [0.1, 0.15) is 20.3 Å². The number of terminal acetylenes is 1. The van der Waals surface area contributed by atoms with Crippen molar-refractivity contribution >= 4 is 0 Å². The van der Waals surface area contributed by atoms with Crippen molar-refractivity contribution in [1.82, 2.24) is 4.90 Å². The highest BCUT2D eigenvalue weighted by Crippen LogP contribution is 2.17. The van der Waals surface area contributed by atoms with Gasteiger partial charge in [-0.25, -0.2) is 0 Å². The summed E-state index contributed by atoms with van der Waals surface area (Å²) < 4.78 is 36.0. The van der Waals surface area contributed by atoms with Gasteiger partial charge in [-0.05, 0) is 13.8 Å². The zero-order valence-electron chi connectivity index (χ0n) is 7.86. The lowest BCUT2D eigenvalue weighted by molar-refractivity contribution is -0.149. The summed E-state index contributed by atoms with van der Waals surface area (Å²) >= 11 is 0. The van der Waals surface area contributed by atoms with Crippen LogP contribution in [0.25, 0.3) is 0 Å². The Morgan fingerprint density at radius 3 is 2.23 bits per heavy atom. The molecule has 0 fully saturated rings. The highest BCUT2D eigenvalue weighted by Gasteiger charge is 2.31. The van der Waals surface area contributed by atoms with E-state index in [9.17, 15) is 13.2 Å². The Hall–Kier alpha value is -0.690. The monoisotopic (exact) mass is 193 g/mol. The molecule has 0 aromatic rings. The fourth-order valence-corrected chi connectivity index (χ4v) is 0.958. The van der Waals surface area contributed by atoms with Crippen molar-refractivity contribution < 1.29 is 13.2 Å². The van der Waals surface area contributed by atoms with Crippen LogP contribution in [0.3, 0.4) is 0 Å². The lowest BCUT2D eigenvalue weighted by Gasteiger charge is -2.26. The van der Waals surface area contributed by atoms with Gasteiger partial charge in [0.25, 0.3) is 0 Å². The molecule has 0 spiro atoms. The third-order valence-corrected chi connectivity index (χ3v) is 1.66. The number of nitrogens with zero attached hydrogens (tertiary/aromatic N) is 1. The Morgan fingerprint density at radius 2 is 1.92 bits per heavy atom. The van der Waals surface area contributed by atoms with E-state index in [4.69, 9.17) is 6.42 Å². The molecule has 0 aromatic heterocycles. The molecule has 13 heavy (non-hydrogen) atoms. The summed E-state index contributed by atoms with van der Waals surface area (Å²) in [6.45, 7) is 2.87. The second kappa shape index (κ2) is 5.13. The summed E-state index contributed by atoms with van der Waals surface area (Å²) in [7, 11) is 0. The average Bonchev–Trinajstić information content (AvgIpc) is 1.95. The van der Waals surface area contributed by atoms with Gasteiger partial charge in [0.2, 0.25) is 0 Å². The van der Waals surface area contributed by atoms with E-state index in [1.807, 2.05) is 0 Å². The zero-order chi connectivity index (χ0) is 10.5. The molecule has 0 atom stereocenters. The maximum Gasteiger partial charge on any atom is 0.401 e. The van der Waals surface area contributed by atoms with Gasteiger partial charge in [0.05, 0.1) is 6.54 Å². The lowest BCUT2D eigenvalue weighted by atomic mass is 10.3. The molecule has 0 aromatic carbocycles. The summed E-state index contributed by atoms with van der Waals surface area (Å²) in [5, 5.41) is 0. The SMILES string of the molecule is C#CCCN(CC(F)(F)F)C(C)C. The van der Waals surface area contributed by atoms with Crippen LogP contribution < -0.4 is 0 Å². The highest BCUT2D eigenvalue weighted by molar-refractivity contribution is 4.85. The first kappa shape index (κ1) is 12.3. The Labute approximate surface area is 76.9 Å². The predicted octanol–water partition coefficient (Wildman–Crippen LogP) is 2.28.